The summed E-state index contributed by atoms with van der Waals surface area (Å²) in [5.41, 5.74) is -2.00. The highest BCUT2D eigenvalue weighted by Gasteiger charge is 2.50. The van der Waals surface area contributed by atoms with Gasteiger partial charge in [-0.2, -0.15) is 4.31 Å². The number of aromatic nitrogens is 2. The number of aliphatic hydroxyl groups excluding tert-OH is 5. The number of Topliss-reactive ketones (excluding diaryl/α,β-unsaturated/α-hetero) is 1. The maximum absolute atomic E-state index is 12.2. The number of phosphoric acid groups is 2. The first kappa shape index (κ1) is 31.1. The van der Waals surface area contributed by atoms with Crippen molar-refractivity contribution in [2.24, 2.45) is 0 Å². The molecule has 0 saturated carbocycles. The molecule has 20 nitrogen and oxygen atoms in total. The van der Waals surface area contributed by atoms with E-state index < -0.39 is 94.7 Å². The number of nitrogens with zero attached hydrogens (tertiary/aromatic N) is 1. The summed E-state index contributed by atoms with van der Waals surface area (Å²) in [5, 5.41) is 48.0. The first-order valence-corrected chi connectivity index (χ1v) is 12.8. The van der Waals surface area contributed by atoms with E-state index in [0.717, 1.165) is 12.3 Å². The summed E-state index contributed by atoms with van der Waals surface area (Å²) < 4.78 is 41.1. The molecule has 9 N–H and O–H groups in total. The van der Waals surface area contributed by atoms with Crippen LogP contribution in [0.15, 0.2) is 21.9 Å². The Balaban J connectivity index is 2.30. The van der Waals surface area contributed by atoms with Crippen LogP contribution in [0.5, 0.6) is 0 Å². The van der Waals surface area contributed by atoms with Crippen LogP contribution < -0.4 is 11.2 Å². The molecule has 2 rings (SSSR count). The van der Waals surface area contributed by atoms with Gasteiger partial charge in [-0.15, -0.1) is 0 Å². The number of hydrogen-bond donors (Lipinski definition) is 9. The smallest absolute Gasteiger partial charge is 0.451 e. The first-order chi connectivity index (χ1) is 17.0. The summed E-state index contributed by atoms with van der Waals surface area (Å²) in [4.78, 5) is 76.3. The normalized spacial score (nSPS) is 26.2. The summed E-state index contributed by atoms with van der Waals surface area (Å²) >= 11 is 0. The first-order valence-electron chi connectivity index (χ1n) is 9.76. The Morgan fingerprint density at radius 2 is 1.78 bits per heavy atom. The van der Waals surface area contributed by atoms with E-state index in [1.54, 1.807) is 0 Å². The van der Waals surface area contributed by atoms with Gasteiger partial charge >= 0.3 is 27.3 Å². The van der Waals surface area contributed by atoms with Crippen molar-refractivity contribution < 1.29 is 77.2 Å². The molecule has 1 aliphatic heterocycles. The van der Waals surface area contributed by atoms with Gasteiger partial charge in [0.05, 0.1) is 13.2 Å². The Hall–Kier alpha value is -2.16. The zero-order valence-electron chi connectivity index (χ0n) is 18.1. The molecule has 0 bridgehead atoms. The Bertz CT molecular complexity index is 1190. The number of esters is 1. The van der Waals surface area contributed by atoms with Gasteiger partial charge in [0, 0.05) is 12.3 Å². The van der Waals surface area contributed by atoms with Gasteiger partial charge in [-0.1, -0.05) is 0 Å². The van der Waals surface area contributed by atoms with Crippen molar-refractivity contribution in [3.8, 4) is 0 Å². The van der Waals surface area contributed by atoms with Crippen LogP contribution in [0.2, 0.25) is 0 Å². The van der Waals surface area contributed by atoms with Crippen molar-refractivity contribution in [3.63, 3.8) is 0 Å². The molecule has 8 atom stereocenters. The average Bonchev–Trinajstić information content (AvgIpc) is 3.09. The molecule has 1 unspecified atom stereocenters. The molecule has 1 aliphatic rings. The lowest BCUT2D eigenvalue weighted by Gasteiger charge is -2.23. The molecule has 0 amide bonds. The predicted octanol–water partition coefficient (Wildman–Crippen LogP) is -5.42. The monoisotopic (exact) mass is 580 g/mol. The van der Waals surface area contributed by atoms with Crippen molar-refractivity contribution in [1.82, 2.24) is 9.55 Å². The van der Waals surface area contributed by atoms with Crippen molar-refractivity contribution in [1.29, 1.82) is 0 Å². The Morgan fingerprint density at radius 1 is 1.16 bits per heavy atom. The predicted molar refractivity (Wildman–Crippen MR) is 110 cm³/mol. The fourth-order valence-electron chi connectivity index (χ4n) is 2.96. The maximum Gasteiger partial charge on any atom is 0.481 e. The van der Waals surface area contributed by atoms with Gasteiger partial charge in [0.25, 0.3) is 11.3 Å². The lowest BCUT2D eigenvalue weighted by atomic mass is 10.0. The van der Waals surface area contributed by atoms with Crippen molar-refractivity contribution in [2.75, 3.05) is 13.2 Å². The number of nitrogens with one attached hydrogen (secondary N) is 1. The van der Waals surface area contributed by atoms with Crippen LogP contribution >= 0.6 is 15.6 Å². The second-order valence-corrected chi connectivity index (χ2v) is 10.2. The average molecular weight is 580 g/mol. The third-order valence-corrected chi connectivity index (χ3v) is 6.82. The lowest BCUT2D eigenvalue weighted by molar-refractivity contribution is -0.171. The fourth-order valence-corrected chi connectivity index (χ4v) is 4.56. The van der Waals surface area contributed by atoms with Crippen molar-refractivity contribution in [2.45, 2.75) is 42.9 Å². The summed E-state index contributed by atoms with van der Waals surface area (Å²) in [6.07, 6.45) is -14.0. The molecule has 2 heterocycles. The molecule has 210 valence electrons. The number of carbonyl (C=O) groups is 2. The SMILES string of the molecule is O=C(O[C@H]1[C@@H](O)[C@H](n2ccc(=O)[nH]c2=O)O[C@@H]1COP(=O)(O)OP(=O)(O)O)C(=O)[C@H](O)[C@H](O)[C@@H](O)CO. The maximum atomic E-state index is 12.2. The summed E-state index contributed by atoms with van der Waals surface area (Å²) in [6.45, 7) is -2.33. The highest BCUT2D eigenvalue weighted by molar-refractivity contribution is 7.60. The summed E-state index contributed by atoms with van der Waals surface area (Å²) in [7, 11) is -11.0. The third kappa shape index (κ3) is 8.16. The Labute approximate surface area is 204 Å². The fraction of sp³-hybridized carbons (Fsp3) is 0.600. The number of ether oxygens (including phenoxy) is 2. The van der Waals surface area contributed by atoms with Gasteiger partial charge in [-0.3, -0.25) is 23.7 Å². The van der Waals surface area contributed by atoms with Crippen LogP contribution in [-0.4, -0.2) is 111 Å². The Kier molecular flexibility index (Phi) is 10.2. The van der Waals surface area contributed by atoms with Gasteiger partial charge in [-0.05, 0) is 0 Å². The van der Waals surface area contributed by atoms with E-state index in [4.69, 9.17) is 24.4 Å². The number of H-pyrrole nitrogens is 1. The summed E-state index contributed by atoms with van der Waals surface area (Å²) in [5.74, 6) is -3.84. The van der Waals surface area contributed by atoms with Gasteiger partial charge in [0.2, 0.25) is 0 Å². The van der Waals surface area contributed by atoms with Crippen LogP contribution in [0.1, 0.15) is 6.23 Å². The van der Waals surface area contributed by atoms with Gasteiger partial charge < -0.3 is 49.7 Å². The lowest BCUT2D eigenvalue weighted by Crippen LogP contribution is -2.48. The quantitative estimate of drug-likeness (QED) is 0.0632. The summed E-state index contributed by atoms with van der Waals surface area (Å²) in [6, 6.07) is 0.825. The molecule has 0 radical (unpaired) electrons. The molecule has 0 spiro atoms. The molecule has 1 saturated heterocycles. The molecule has 37 heavy (non-hydrogen) atoms. The largest absolute Gasteiger partial charge is 0.481 e. The molecule has 1 fully saturated rings. The van der Waals surface area contributed by atoms with Crippen LogP contribution in [-0.2, 0) is 37.0 Å². The van der Waals surface area contributed by atoms with E-state index in [1.165, 1.54) is 0 Å². The number of rotatable bonds is 12. The van der Waals surface area contributed by atoms with Crippen LogP contribution in [0.3, 0.4) is 0 Å². The zero-order chi connectivity index (χ0) is 28.3. The van der Waals surface area contributed by atoms with E-state index >= 15 is 0 Å². The van der Waals surface area contributed by atoms with E-state index in [2.05, 4.69) is 8.83 Å². The Morgan fingerprint density at radius 3 is 2.32 bits per heavy atom. The van der Waals surface area contributed by atoms with Crippen LogP contribution in [0, 0.1) is 0 Å². The second kappa shape index (κ2) is 12.1. The highest BCUT2D eigenvalue weighted by atomic mass is 31.3. The number of ketones is 1. The minimum absolute atomic E-state index is 0.579. The van der Waals surface area contributed by atoms with Crippen molar-refractivity contribution >= 4 is 27.4 Å². The molecular weight excluding hydrogens is 558 g/mol. The number of aliphatic hydroxyl groups is 5. The van der Waals surface area contributed by atoms with Gasteiger partial charge in [-0.25, -0.2) is 18.7 Å². The number of aromatic amines is 1. The molecule has 0 aromatic carbocycles. The second-order valence-electron chi connectivity index (χ2n) is 7.33. The van der Waals surface area contributed by atoms with Crippen molar-refractivity contribution in [3.05, 3.63) is 33.1 Å². The number of carbonyl (C=O) groups excluding carboxylic acids is 2. The van der Waals surface area contributed by atoms with Crippen LogP contribution in [0.25, 0.3) is 0 Å². The number of phosphoric ester groups is 1. The number of hydrogen-bond acceptors (Lipinski definition) is 15. The standard InChI is InChI=1S/C15H22N2O18P2/c18-3-5(19)8(21)9(22)10(23)14(25)34-12-6(4-32-37(30,31)35-36(27,28)29)33-13(11(12)24)17-2-1-7(20)16-15(17)26/h1-2,5-6,8-9,11-13,18-19,21-22,24H,3-4H2,(H,30,31)(H,16,20,26)(H2,27,28,29)/t5-,6+,8+,9+,11+,12+,13+/m0/s1. The van der Waals surface area contributed by atoms with Crippen LogP contribution in [0.4, 0.5) is 0 Å². The molecule has 1 aromatic rings. The topological polar surface area (TPSA) is 322 Å². The molecule has 22 heteroatoms. The van der Waals surface area contributed by atoms with E-state index in [9.17, 15) is 53.6 Å². The van der Waals surface area contributed by atoms with E-state index in [1.807, 2.05) is 4.98 Å². The minimum Gasteiger partial charge on any atom is -0.451 e. The molecule has 1 aromatic heterocycles. The zero-order valence-corrected chi connectivity index (χ0v) is 19.9. The minimum atomic E-state index is -5.54. The molecular formula is C15H22N2O18P2. The third-order valence-electron chi connectivity index (χ3n) is 4.66. The highest BCUT2D eigenvalue weighted by Crippen LogP contribution is 2.57. The van der Waals surface area contributed by atoms with Gasteiger partial charge in [0.15, 0.2) is 18.4 Å². The molecule has 0 aliphatic carbocycles. The van der Waals surface area contributed by atoms with E-state index in [0.29, 0.717) is 4.57 Å². The van der Waals surface area contributed by atoms with Gasteiger partial charge in [0.1, 0.15) is 24.4 Å². The van der Waals surface area contributed by atoms with E-state index in [-0.39, 0.29) is 0 Å².